The van der Waals surface area contributed by atoms with E-state index in [9.17, 15) is 9.59 Å². The SMILES string of the molecule is CC1C(=O)NCCN1C(=O)CSc1nc2ccccc2s1. The fourth-order valence-corrected chi connectivity index (χ4v) is 4.20. The number of nitrogens with zero attached hydrogens (tertiary/aromatic N) is 2. The Morgan fingerprint density at radius 2 is 2.33 bits per heavy atom. The smallest absolute Gasteiger partial charge is 0.242 e. The van der Waals surface area contributed by atoms with Crippen molar-refractivity contribution < 1.29 is 9.59 Å². The van der Waals surface area contributed by atoms with Gasteiger partial charge in [0.1, 0.15) is 6.04 Å². The second-order valence-corrected chi connectivity index (χ2v) is 7.04. The normalized spacial score (nSPS) is 18.8. The van der Waals surface area contributed by atoms with Crippen LogP contribution in [-0.2, 0) is 9.59 Å². The van der Waals surface area contributed by atoms with Crippen LogP contribution in [0.15, 0.2) is 28.6 Å². The van der Waals surface area contributed by atoms with Gasteiger partial charge in [0.25, 0.3) is 0 Å². The van der Waals surface area contributed by atoms with Gasteiger partial charge in [-0.25, -0.2) is 4.98 Å². The van der Waals surface area contributed by atoms with Crippen LogP contribution in [0, 0.1) is 0 Å². The number of amides is 2. The first-order valence-electron chi connectivity index (χ1n) is 6.71. The van der Waals surface area contributed by atoms with E-state index in [1.54, 1.807) is 23.2 Å². The Labute approximate surface area is 130 Å². The lowest BCUT2D eigenvalue weighted by Gasteiger charge is -2.32. The van der Waals surface area contributed by atoms with Crippen molar-refractivity contribution in [2.75, 3.05) is 18.8 Å². The average Bonchev–Trinajstić information content (AvgIpc) is 2.90. The maximum Gasteiger partial charge on any atom is 0.242 e. The van der Waals surface area contributed by atoms with E-state index in [4.69, 9.17) is 0 Å². The first-order valence-corrected chi connectivity index (χ1v) is 8.51. The van der Waals surface area contributed by atoms with Crippen LogP contribution in [0.2, 0.25) is 0 Å². The van der Waals surface area contributed by atoms with Gasteiger partial charge in [0.05, 0.1) is 16.0 Å². The topological polar surface area (TPSA) is 62.3 Å². The molecule has 1 aromatic heterocycles. The fraction of sp³-hybridized carbons (Fsp3) is 0.357. The highest BCUT2D eigenvalue weighted by Crippen LogP contribution is 2.29. The van der Waals surface area contributed by atoms with Crippen molar-refractivity contribution in [3.63, 3.8) is 0 Å². The molecule has 0 spiro atoms. The van der Waals surface area contributed by atoms with Gasteiger partial charge in [0, 0.05) is 13.1 Å². The maximum atomic E-state index is 12.2. The lowest BCUT2D eigenvalue weighted by atomic mass is 10.2. The van der Waals surface area contributed by atoms with Crippen LogP contribution in [-0.4, -0.2) is 46.6 Å². The summed E-state index contributed by atoms with van der Waals surface area (Å²) in [6.07, 6.45) is 0. The Bertz CT molecular complexity index is 653. The molecular formula is C14H15N3O2S2. The minimum Gasteiger partial charge on any atom is -0.353 e. The molecule has 2 aromatic rings. The van der Waals surface area contributed by atoms with Crippen molar-refractivity contribution in [3.05, 3.63) is 24.3 Å². The van der Waals surface area contributed by atoms with E-state index in [0.29, 0.717) is 18.8 Å². The standard InChI is InChI=1S/C14H15N3O2S2/c1-9-13(19)15-6-7-17(9)12(18)8-20-14-16-10-4-2-3-5-11(10)21-14/h2-5,9H,6-8H2,1H3,(H,15,19). The largest absolute Gasteiger partial charge is 0.353 e. The summed E-state index contributed by atoms with van der Waals surface area (Å²) in [5, 5.41) is 2.76. The summed E-state index contributed by atoms with van der Waals surface area (Å²) >= 11 is 3.02. The minimum atomic E-state index is -0.387. The van der Waals surface area contributed by atoms with E-state index in [2.05, 4.69) is 10.3 Å². The lowest BCUT2D eigenvalue weighted by Crippen LogP contribution is -2.56. The van der Waals surface area contributed by atoms with E-state index >= 15 is 0 Å². The molecule has 0 saturated carbocycles. The van der Waals surface area contributed by atoms with E-state index in [1.807, 2.05) is 24.3 Å². The third-order valence-corrected chi connectivity index (χ3v) is 5.58. The summed E-state index contributed by atoms with van der Waals surface area (Å²) in [5.41, 5.74) is 0.961. The molecule has 1 aliphatic rings. The molecule has 1 aliphatic heterocycles. The number of aromatic nitrogens is 1. The third kappa shape index (κ3) is 3.03. The summed E-state index contributed by atoms with van der Waals surface area (Å²) in [7, 11) is 0. The molecule has 1 saturated heterocycles. The second-order valence-electron chi connectivity index (χ2n) is 4.79. The number of hydrogen-bond acceptors (Lipinski definition) is 5. The molecule has 1 fully saturated rings. The molecule has 2 amide bonds. The average molecular weight is 321 g/mol. The van der Waals surface area contributed by atoms with Gasteiger partial charge in [-0.3, -0.25) is 9.59 Å². The van der Waals surface area contributed by atoms with Gasteiger partial charge in [-0.05, 0) is 19.1 Å². The molecule has 1 unspecified atom stereocenters. The van der Waals surface area contributed by atoms with E-state index in [-0.39, 0.29) is 17.9 Å². The quantitative estimate of drug-likeness (QED) is 0.875. The first kappa shape index (κ1) is 14.3. The molecule has 110 valence electrons. The highest BCUT2D eigenvalue weighted by atomic mass is 32.2. The Hall–Kier alpha value is -1.60. The second kappa shape index (κ2) is 6.03. The summed E-state index contributed by atoms with van der Waals surface area (Å²) < 4.78 is 2.01. The number of carbonyl (C=O) groups is 2. The molecule has 7 heteroatoms. The number of hydrogen-bond donors (Lipinski definition) is 1. The van der Waals surface area contributed by atoms with Gasteiger partial charge in [0.15, 0.2) is 4.34 Å². The van der Waals surface area contributed by atoms with E-state index < -0.39 is 0 Å². The first-order chi connectivity index (χ1) is 10.1. The number of piperazine rings is 1. The molecule has 21 heavy (non-hydrogen) atoms. The Morgan fingerprint density at radius 3 is 3.14 bits per heavy atom. The summed E-state index contributed by atoms with van der Waals surface area (Å²) in [6.45, 7) is 2.86. The van der Waals surface area contributed by atoms with Gasteiger partial charge in [0.2, 0.25) is 11.8 Å². The fourth-order valence-electron chi connectivity index (χ4n) is 2.24. The van der Waals surface area contributed by atoms with Crippen molar-refractivity contribution in [2.45, 2.75) is 17.3 Å². The Morgan fingerprint density at radius 1 is 1.52 bits per heavy atom. The van der Waals surface area contributed by atoms with Crippen LogP contribution in [0.4, 0.5) is 0 Å². The molecule has 1 N–H and O–H groups in total. The van der Waals surface area contributed by atoms with E-state index in [1.165, 1.54) is 11.8 Å². The van der Waals surface area contributed by atoms with Crippen molar-refractivity contribution >= 4 is 45.1 Å². The number of carbonyl (C=O) groups excluding carboxylic acids is 2. The molecular weight excluding hydrogens is 306 g/mol. The molecule has 2 heterocycles. The minimum absolute atomic E-state index is 0.0124. The molecule has 1 atom stereocenters. The maximum absolute atomic E-state index is 12.2. The molecule has 0 bridgehead atoms. The number of thioether (sulfide) groups is 1. The zero-order valence-electron chi connectivity index (χ0n) is 11.5. The van der Waals surface area contributed by atoms with Gasteiger partial charge >= 0.3 is 0 Å². The highest BCUT2D eigenvalue weighted by molar-refractivity contribution is 8.01. The Kier molecular flexibility index (Phi) is 4.12. The van der Waals surface area contributed by atoms with Crippen molar-refractivity contribution in [3.8, 4) is 0 Å². The van der Waals surface area contributed by atoms with Crippen LogP contribution in [0.25, 0.3) is 10.2 Å². The van der Waals surface area contributed by atoms with Crippen LogP contribution >= 0.6 is 23.1 Å². The van der Waals surface area contributed by atoms with E-state index in [0.717, 1.165) is 14.6 Å². The van der Waals surface area contributed by atoms with Gasteiger partial charge in [-0.2, -0.15) is 0 Å². The highest BCUT2D eigenvalue weighted by Gasteiger charge is 2.29. The van der Waals surface area contributed by atoms with Crippen LogP contribution in [0.5, 0.6) is 0 Å². The summed E-state index contributed by atoms with van der Waals surface area (Å²) in [5.74, 6) is 0.221. The molecule has 0 aliphatic carbocycles. The summed E-state index contributed by atoms with van der Waals surface area (Å²) in [6, 6.07) is 7.54. The molecule has 0 radical (unpaired) electrons. The molecule has 3 rings (SSSR count). The number of para-hydroxylation sites is 1. The lowest BCUT2D eigenvalue weighted by molar-refractivity contribution is -0.140. The van der Waals surface area contributed by atoms with Crippen LogP contribution in [0.3, 0.4) is 0 Å². The van der Waals surface area contributed by atoms with Crippen LogP contribution in [0.1, 0.15) is 6.92 Å². The monoisotopic (exact) mass is 321 g/mol. The van der Waals surface area contributed by atoms with Crippen molar-refractivity contribution in [1.82, 2.24) is 15.2 Å². The van der Waals surface area contributed by atoms with Crippen LogP contribution < -0.4 is 5.32 Å². The Balaban J connectivity index is 1.64. The van der Waals surface area contributed by atoms with Crippen molar-refractivity contribution in [1.29, 1.82) is 0 Å². The number of rotatable bonds is 3. The molecule has 5 nitrogen and oxygen atoms in total. The third-order valence-electron chi connectivity index (χ3n) is 3.41. The molecule has 1 aromatic carbocycles. The number of benzene rings is 1. The zero-order chi connectivity index (χ0) is 14.8. The predicted octanol–water partition coefficient (Wildman–Crippen LogP) is 1.74. The van der Waals surface area contributed by atoms with Gasteiger partial charge in [-0.15, -0.1) is 11.3 Å². The number of nitrogens with one attached hydrogen (secondary N) is 1. The van der Waals surface area contributed by atoms with Gasteiger partial charge < -0.3 is 10.2 Å². The number of fused-ring (bicyclic) bond motifs is 1. The number of thiazole rings is 1. The zero-order valence-corrected chi connectivity index (χ0v) is 13.2. The van der Waals surface area contributed by atoms with Gasteiger partial charge in [-0.1, -0.05) is 23.9 Å². The summed E-state index contributed by atoms with van der Waals surface area (Å²) in [4.78, 5) is 30.0. The predicted molar refractivity (Wildman–Crippen MR) is 84.5 cm³/mol. The van der Waals surface area contributed by atoms with Crippen molar-refractivity contribution in [2.24, 2.45) is 0 Å².